The fourth-order valence-electron chi connectivity index (χ4n) is 2.41. The third-order valence-electron chi connectivity index (χ3n) is 3.38. The Morgan fingerprint density at radius 3 is 1.71 bits per heavy atom. The van der Waals surface area contributed by atoms with Crippen LogP contribution in [0.1, 0.15) is 45.4 Å². The highest BCUT2D eigenvalue weighted by atomic mass is 32.2. The Morgan fingerprint density at radius 1 is 0.857 bits per heavy atom. The Balaban J connectivity index is 1.82. The van der Waals surface area contributed by atoms with Crippen LogP contribution in [-0.4, -0.2) is 22.0 Å². The lowest BCUT2D eigenvalue weighted by atomic mass is 9.95. The van der Waals surface area contributed by atoms with Gasteiger partial charge in [-0.2, -0.15) is 23.5 Å². The number of thioether (sulfide) groups is 2. The summed E-state index contributed by atoms with van der Waals surface area (Å²) in [5.41, 5.74) is 0. The normalized spacial score (nSPS) is 34.7. The van der Waals surface area contributed by atoms with Gasteiger partial charge in [-0.25, -0.2) is 0 Å². The van der Waals surface area contributed by atoms with Crippen molar-refractivity contribution in [1.82, 2.24) is 0 Å². The Kier molecular flexibility index (Phi) is 4.55. The predicted molar refractivity (Wildman–Crippen MR) is 69.1 cm³/mol. The van der Waals surface area contributed by atoms with Crippen LogP contribution in [-0.2, 0) is 0 Å². The molecule has 2 rings (SSSR count). The topological polar surface area (TPSA) is 0 Å². The van der Waals surface area contributed by atoms with E-state index >= 15 is 0 Å². The molecule has 81 valence electrons. The third kappa shape index (κ3) is 2.85. The second-order valence-corrected chi connectivity index (χ2v) is 7.08. The molecule has 2 heteroatoms. The molecule has 2 aliphatic rings. The minimum atomic E-state index is 0.902. The SMILES string of the molecule is C[C](C1CCCCS1)C1CCCCS1. The first-order valence-corrected chi connectivity index (χ1v) is 8.04. The van der Waals surface area contributed by atoms with Crippen LogP contribution in [0.15, 0.2) is 0 Å². The van der Waals surface area contributed by atoms with Crippen molar-refractivity contribution in [3.05, 3.63) is 5.92 Å². The van der Waals surface area contributed by atoms with Gasteiger partial charge in [0.1, 0.15) is 0 Å². The second-order valence-electron chi connectivity index (χ2n) is 4.45. The Morgan fingerprint density at radius 2 is 1.36 bits per heavy atom. The average Bonchev–Trinajstić information content (AvgIpc) is 2.30. The lowest BCUT2D eigenvalue weighted by molar-refractivity contribution is 0.603. The highest BCUT2D eigenvalue weighted by Crippen LogP contribution is 2.40. The molecular weight excluding hydrogens is 208 g/mol. The van der Waals surface area contributed by atoms with Crippen LogP contribution in [0.25, 0.3) is 0 Å². The molecule has 2 fully saturated rings. The van der Waals surface area contributed by atoms with Crippen molar-refractivity contribution >= 4 is 23.5 Å². The summed E-state index contributed by atoms with van der Waals surface area (Å²) in [6.07, 6.45) is 8.73. The van der Waals surface area contributed by atoms with Gasteiger partial charge < -0.3 is 0 Å². The standard InChI is InChI=1S/C12H21S2/c1-10(11-6-2-4-8-13-11)12-7-3-5-9-14-12/h11-12H,2-9H2,1H3. The van der Waals surface area contributed by atoms with E-state index < -0.39 is 0 Å². The lowest BCUT2D eigenvalue weighted by Gasteiger charge is -2.34. The molecule has 2 unspecified atom stereocenters. The van der Waals surface area contributed by atoms with Gasteiger partial charge in [-0.3, -0.25) is 0 Å². The van der Waals surface area contributed by atoms with Crippen LogP contribution in [0.4, 0.5) is 0 Å². The molecule has 1 radical (unpaired) electrons. The summed E-state index contributed by atoms with van der Waals surface area (Å²) in [6, 6.07) is 0. The van der Waals surface area contributed by atoms with Gasteiger partial charge in [-0.15, -0.1) is 0 Å². The van der Waals surface area contributed by atoms with E-state index in [0.29, 0.717) is 0 Å². The summed E-state index contributed by atoms with van der Waals surface area (Å²) < 4.78 is 0. The molecule has 0 bridgehead atoms. The zero-order valence-electron chi connectivity index (χ0n) is 9.13. The van der Waals surface area contributed by atoms with E-state index in [9.17, 15) is 0 Å². The zero-order valence-corrected chi connectivity index (χ0v) is 10.8. The van der Waals surface area contributed by atoms with Crippen molar-refractivity contribution in [2.24, 2.45) is 0 Å². The molecule has 14 heavy (non-hydrogen) atoms. The predicted octanol–water partition coefficient (Wildman–Crippen LogP) is 4.15. The molecule has 2 atom stereocenters. The van der Waals surface area contributed by atoms with E-state index in [1.165, 1.54) is 50.0 Å². The van der Waals surface area contributed by atoms with E-state index in [4.69, 9.17) is 0 Å². The molecule has 0 nitrogen and oxygen atoms in total. The van der Waals surface area contributed by atoms with Gasteiger partial charge in [0.05, 0.1) is 0 Å². The molecule has 0 saturated carbocycles. The number of hydrogen-bond acceptors (Lipinski definition) is 2. The minimum Gasteiger partial charge on any atom is -0.158 e. The van der Waals surface area contributed by atoms with Gasteiger partial charge in [0.2, 0.25) is 0 Å². The van der Waals surface area contributed by atoms with Crippen LogP contribution in [0.3, 0.4) is 0 Å². The minimum absolute atomic E-state index is 0.902. The summed E-state index contributed by atoms with van der Waals surface area (Å²) in [4.78, 5) is 0. The van der Waals surface area contributed by atoms with Crippen LogP contribution in [0, 0.1) is 5.92 Å². The van der Waals surface area contributed by atoms with E-state index in [-0.39, 0.29) is 0 Å². The summed E-state index contributed by atoms with van der Waals surface area (Å²) in [5.74, 6) is 4.61. The van der Waals surface area contributed by atoms with Gasteiger partial charge in [0, 0.05) is 10.5 Å². The van der Waals surface area contributed by atoms with Gasteiger partial charge >= 0.3 is 0 Å². The van der Waals surface area contributed by atoms with Crippen molar-refractivity contribution in [2.45, 2.75) is 55.9 Å². The second kappa shape index (κ2) is 5.69. The first kappa shape index (κ1) is 11.2. The largest absolute Gasteiger partial charge is 0.158 e. The molecule has 0 amide bonds. The summed E-state index contributed by atoms with van der Waals surface area (Å²) in [6.45, 7) is 2.42. The van der Waals surface area contributed by atoms with Crippen LogP contribution < -0.4 is 0 Å². The van der Waals surface area contributed by atoms with Crippen LogP contribution >= 0.6 is 23.5 Å². The van der Waals surface area contributed by atoms with Gasteiger partial charge in [0.25, 0.3) is 0 Å². The highest BCUT2D eigenvalue weighted by molar-refractivity contribution is 8.01. The maximum atomic E-state index is 2.42. The Bertz CT molecular complexity index is 140. The molecule has 0 N–H and O–H groups in total. The Hall–Kier alpha value is 0.700. The summed E-state index contributed by atoms with van der Waals surface area (Å²) in [7, 11) is 0. The third-order valence-corrected chi connectivity index (χ3v) is 6.44. The van der Waals surface area contributed by atoms with Crippen molar-refractivity contribution in [3.8, 4) is 0 Å². The van der Waals surface area contributed by atoms with Gasteiger partial charge in [-0.1, -0.05) is 19.8 Å². The van der Waals surface area contributed by atoms with Crippen molar-refractivity contribution in [3.63, 3.8) is 0 Å². The number of rotatable bonds is 2. The molecule has 2 saturated heterocycles. The lowest BCUT2D eigenvalue weighted by Crippen LogP contribution is -2.27. The molecule has 0 spiro atoms. The summed E-state index contributed by atoms with van der Waals surface area (Å²) in [5, 5.41) is 1.80. The highest BCUT2D eigenvalue weighted by Gasteiger charge is 2.29. The zero-order chi connectivity index (χ0) is 9.80. The van der Waals surface area contributed by atoms with E-state index in [0.717, 1.165) is 10.5 Å². The maximum absolute atomic E-state index is 2.42. The fourth-order valence-corrected chi connectivity index (χ4v) is 5.32. The first-order chi connectivity index (χ1) is 6.88. The maximum Gasteiger partial charge on any atom is 0.0117 e. The molecule has 0 aromatic rings. The number of hydrogen-bond donors (Lipinski definition) is 0. The van der Waals surface area contributed by atoms with Crippen molar-refractivity contribution < 1.29 is 0 Å². The molecule has 0 aliphatic carbocycles. The molecule has 0 aromatic carbocycles. The first-order valence-electron chi connectivity index (χ1n) is 5.94. The van der Waals surface area contributed by atoms with Gasteiger partial charge in [0.15, 0.2) is 0 Å². The fraction of sp³-hybridized carbons (Fsp3) is 0.917. The van der Waals surface area contributed by atoms with Crippen LogP contribution in [0.2, 0.25) is 0 Å². The van der Waals surface area contributed by atoms with Gasteiger partial charge in [-0.05, 0) is 43.1 Å². The monoisotopic (exact) mass is 229 g/mol. The molecule has 2 aliphatic heterocycles. The smallest absolute Gasteiger partial charge is 0.0117 e. The van der Waals surface area contributed by atoms with Crippen LogP contribution in [0.5, 0.6) is 0 Å². The Labute approximate surface area is 97.0 Å². The van der Waals surface area contributed by atoms with E-state index in [1.807, 2.05) is 0 Å². The molecule has 2 heterocycles. The quantitative estimate of drug-likeness (QED) is 0.697. The van der Waals surface area contributed by atoms with Crippen molar-refractivity contribution in [2.75, 3.05) is 11.5 Å². The molecule has 0 aromatic heterocycles. The average molecular weight is 229 g/mol. The van der Waals surface area contributed by atoms with E-state index in [1.54, 1.807) is 5.92 Å². The van der Waals surface area contributed by atoms with Crippen molar-refractivity contribution in [1.29, 1.82) is 0 Å². The molecular formula is C12H21S2. The van der Waals surface area contributed by atoms with E-state index in [2.05, 4.69) is 30.4 Å². The summed E-state index contributed by atoms with van der Waals surface area (Å²) >= 11 is 4.43.